The average Bonchev–Trinajstić information content (AvgIpc) is 3.93. The van der Waals surface area contributed by atoms with Crippen LogP contribution in [0, 0.1) is 6.92 Å². The fraction of sp³-hybridized carbons (Fsp3) is 0.467. The van der Waals surface area contributed by atoms with Crippen molar-refractivity contribution in [2.45, 2.75) is 89.9 Å². The van der Waals surface area contributed by atoms with Gasteiger partial charge in [0.25, 0.3) is 11.5 Å². The Morgan fingerprint density at radius 1 is 1.04 bits per heavy atom. The quantitative estimate of drug-likeness (QED) is 0.0513. The van der Waals surface area contributed by atoms with Gasteiger partial charge in [-0.2, -0.15) is 13.2 Å². The van der Waals surface area contributed by atoms with E-state index >= 15 is 0 Å². The monoisotopic (exact) mass is 1120 g/mol. The van der Waals surface area contributed by atoms with Gasteiger partial charge < -0.3 is 43.3 Å². The number of para-hydroxylation sites is 1. The first-order valence-corrected chi connectivity index (χ1v) is 25.1. The number of halogens is 7. The summed E-state index contributed by atoms with van der Waals surface area (Å²) in [6, 6.07) is 13.5. The molecular weight excluding hydrogens is 1060 g/mol. The smallest absolute Gasteiger partial charge is 0.431 e. The second-order valence-electron chi connectivity index (χ2n) is 16.3. The third-order valence-electron chi connectivity index (χ3n) is 9.89. The zero-order valence-electron chi connectivity index (χ0n) is 40.5. The number of anilines is 1. The van der Waals surface area contributed by atoms with Gasteiger partial charge in [-0.25, -0.2) is 14.2 Å². The third kappa shape index (κ3) is 18.6. The van der Waals surface area contributed by atoms with E-state index in [-0.39, 0.29) is 46.1 Å². The van der Waals surface area contributed by atoms with Gasteiger partial charge in [0.15, 0.2) is 4.84 Å². The number of nitrogens with zero attached hydrogens (tertiary/aromatic N) is 4. The molecule has 0 radical (unpaired) electrons. The molecular formula is C45H57Cl4F3N5O14P. The van der Waals surface area contributed by atoms with Crippen LogP contribution in [-0.4, -0.2) is 114 Å². The number of alkyl halides is 6. The molecule has 2 aromatic heterocycles. The number of methoxy groups -OCH3 is 1. The summed E-state index contributed by atoms with van der Waals surface area (Å²) in [6.07, 6.45) is -3.73. The Morgan fingerprint density at radius 2 is 1.68 bits per heavy atom. The Bertz CT molecular complexity index is 2640. The van der Waals surface area contributed by atoms with E-state index in [9.17, 15) is 46.5 Å². The number of benzene rings is 2. The highest BCUT2D eigenvalue weighted by Crippen LogP contribution is 2.37. The van der Waals surface area contributed by atoms with E-state index < -0.39 is 72.1 Å². The number of aromatic nitrogens is 2. The van der Waals surface area contributed by atoms with Crippen molar-refractivity contribution < 1.29 is 70.4 Å². The second-order valence-corrected chi connectivity index (χ2v) is 19.7. The maximum Gasteiger partial charge on any atom is 0.431 e. The number of hydrogen-bond donors (Lipinski definition) is 4. The summed E-state index contributed by atoms with van der Waals surface area (Å²) >= 11 is 22.9. The normalized spacial score (nSPS) is 14.6. The van der Waals surface area contributed by atoms with Crippen LogP contribution in [0.2, 0.25) is 5.02 Å². The van der Waals surface area contributed by atoms with Gasteiger partial charge >= 0.3 is 31.4 Å². The molecule has 2 atom stereocenters. The molecule has 400 valence electrons. The number of carboxylic acids is 1. The first kappa shape index (κ1) is 63.4. The lowest BCUT2D eigenvalue weighted by atomic mass is 10.0. The van der Waals surface area contributed by atoms with E-state index in [0.717, 1.165) is 36.3 Å². The number of rotatable bonds is 15. The predicted octanol–water partition coefficient (Wildman–Crippen LogP) is 7.45. The molecule has 5 rings (SSSR count). The Balaban J connectivity index is 0.000000345. The average molecular weight is 1120 g/mol. The van der Waals surface area contributed by atoms with Crippen molar-refractivity contribution >= 4 is 83.4 Å². The minimum Gasteiger partial charge on any atom is -0.480 e. The van der Waals surface area contributed by atoms with Crippen LogP contribution in [0.1, 0.15) is 80.6 Å². The van der Waals surface area contributed by atoms with E-state index in [4.69, 9.17) is 79.9 Å². The summed E-state index contributed by atoms with van der Waals surface area (Å²) in [6.45, 7) is 13.3. The van der Waals surface area contributed by atoms with Crippen LogP contribution >= 0.6 is 54.0 Å². The van der Waals surface area contributed by atoms with Crippen LogP contribution in [0.15, 0.2) is 74.9 Å². The predicted molar refractivity (Wildman–Crippen MR) is 264 cm³/mol. The number of furan rings is 1. The second kappa shape index (κ2) is 28.1. The molecule has 2 aromatic carbocycles. The number of ether oxygens (including phenoxy) is 3. The largest absolute Gasteiger partial charge is 0.480 e. The van der Waals surface area contributed by atoms with Crippen molar-refractivity contribution in [3.8, 4) is 5.69 Å². The van der Waals surface area contributed by atoms with Crippen LogP contribution in [-0.2, 0) is 52.8 Å². The molecule has 1 aliphatic heterocycles. The molecule has 4 aromatic rings. The highest BCUT2D eigenvalue weighted by atomic mass is 35.5. The molecule has 1 saturated heterocycles. The van der Waals surface area contributed by atoms with Gasteiger partial charge in [-0.1, -0.05) is 59.9 Å². The van der Waals surface area contributed by atoms with Crippen molar-refractivity contribution in [2.75, 3.05) is 43.9 Å². The number of carbonyl (C=O) groups is 4. The molecule has 2 amide bonds. The number of aryl methyl sites for hydroxylation is 2. The number of esters is 1. The Morgan fingerprint density at radius 3 is 2.18 bits per heavy atom. The molecule has 0 saturated carbocycles. The van der Waals surface area contributed by atoms with E-state index in [1.165, 1.54) is 17.0 Å². The third-order valence-corrected chi connectivity index (χ3v) is 11.5. The van der Waals surface area contributed by atoms with E-state index in [1.54, 1.807) is 52.0 Å². The first-order valence-electron chi connectivity index (χ1n) is 21.5. The number of carboxylic acid groups (broad SMARTS) is 1. The van der Waals surface area contributed by atoms with Gasteiger partial charge in [-0.15, -0.1) is 11.6 Å². The summed E-state index contributed by atoms with van der Waals surface area (Å²) in [7, 11) is -1.57. The molecule has 1 aliphatic rings. The van der Waals surface area contributed by atoms with Crippen molar-refractivity contribution in [3.63, 3.8) is 0 Å². The van der Waals surface area contributed by atoms with Gasteiger partial charge in [-0.05, 0) is 89.4 Å². The standard InChI is InChI=1S/C16H14ClF3N2O4.C15H22ClNO2.C11H13Cl2NO3.C3H8NO5P/c1-8(2)26-14(24)10-6-9(4-5-11(10)17)22-13(23)7-12(16(18,19)20)21(3)15(22)25;1-5-13-8-6-7-11(2)15(13)17(14(18)9-16)12(3)10-19-4;1-11(2)14(10(15)9(12)13)6-8(17-11)7-4-3-5-16-7;5-3(6)1-4-2-10(7,8)9/h4-8H,1-3H3;6-8,12H,5,9-10H2,1-4H3;3-5,8-9H,6H2,1-2H3;4H,1-2H2,(H,5,6)(H2,7,8,9). The number of carbonyl (C=O) groups excluding carboxylic acids is 3. The molecule has 1 fully saturated rings. The van der Waals surface area contributed by atoms with E-state index in [2.05, 4.69) is 18.3 Å². The summed E-state index contributed by atoms with van der Waals surface area (Å²) in [4.78, 5) is 88.8. The van der Waals surface area contributed by atoms with Gasteiger partial charge in [-0.3, -0.25) is 33.6 Å². The molecule has 2 unspecified atom stereocenters. The van der Waals surface area contributed by atoms with Gasteiger partial charge in [0.2, 0.25) is 5.91 Å². The van der Waals surface area contributed by atoms with Crippen LogP contribution < -0.4 is 21.5 Å². The minimum absolute atomic E-state index is 0.0104. The summed E-state index contributed by atoms with van der Waals surface area (Å²) in [5.41, 5.74) is -1.53. The van der Waals surface area contributed by atoms with E-state index in [0.29, 0.717) is 34.1 Å². The molecule has 27 heteroatoms. The fourth-order valence-corrected chi connectivity index (χ4v) is 7.74. The number of nitrogens with one attached hydrogen (secondary N) is 1. The Kier molecular flexibility index (Phi) is 24.7. The summed E-state index contributed by atoms with van der Waals surface area (Å²) < 4.78 is 70.8. The molecule has 19 nitrogen and oxygen atoms in total. The molecule has 0 bridgehead atoms. The van der Waals surface area contributed by atoms with Gasteiger partial charge in [0.05, 0.1) is 66.4 Å². The lowest BCUT2D eigenvalue weighted by molar-refractivity contribution is -0.145. The number of aliphatic carboxylic acids is 1. The van der Waals surface area contributed by atoms with Crippen LogP contribution in [0.5, 0.6) is 0 Å². The van der Waals surface area contributed by atoms with Crippen LogP contribution in [0.4, 0.5) is 18.9 Å². The molecule has 0 aliphatic carbocycles. The topological polar surface area (TPSA) is 249 Å². The minimum atomic E-state index is -4.86. The van der Waals surface area contributed by atoms with Crippen LogP contribution in [0.25, 0.3) is 5.69 Å². The van der Waals surface area contributed by atoms with Gasteiger partial charge in [0.1, 0.15) is 29.2 Å². The Labute approximate surface area is 432 Å². The summed E-state index contributed by atoms with van der Waals surface area (Å²) in [5, 5.41) is 10.1. The fourth-order valence-electron chi connectivity index (χ4n) is 6.78. The van der Waals surface area contributed by atoms with Crippen molar-refractivity contribution in [1.82, 2.24) is 19.4 Å². The van der Waals surface area contributed by atoms with Crippen molar-refractivity contribution in [3.05, 3.63) is 115 Å². The molecule has 0 spiro atoms. The maximum absolute atomic E-state index is 12.9. The van der Waals surface area contributed by atoms with Crippen LogP contribution in [0.3, 0.4) is 0 Å². The van der Waals surface area contributed by atoms with Gasteiger partial charge in [0, 0.05) is 20.2 Å². The highest BCUT2D eigenvalue weighted by Gasteiger charge is 2.45. The SMILES string of the molecule is CC(C)OC(=O)c1cc(-n2c(=O)cc(C(F)(F)F)n(C)c2=O)ccc1Cl.CC1(C)OC(c2ccco2)CN1C(=O)C(Cl)Cl.CCc1cccc(C)c1N(C(=O)CCl)C(C)COC.O=C(O)CNCP(=O)(O)O. The zero-order chi connectivity index (χ0) is 55.1. The molecule has 3 heterocycles. The van der Waals surface area contributed by atoms with Crippen molar-refractivity contribution in [1.29, 1.82) is 0 Å². The van der Waals surface area contributed by atoms with Crippen molar-refractivity contribution in [2.24, 2.45) is 7.05 Å². The maximum atomic E-state index is 12.9. The Hall–Kier alpha value is -4.74. The van der Waals surface area contributed by atoms with E-state index in [1.807, 2.05) is 32.0 Å². The molecule has 72 heavy (non-hydrogen) atoms. The number of amides is 2. The lowest BCUT2D eigenvalue weighted by Gasteiger charge is -2.31. The first-order chi connectivity index (χ1) is 33.3. The summed E-state index contributed by atoms with van der Waals surface area (Å²) in [5.74, 6) is -1.71. The number of hydrogen-bond acceptors (Lipinski definition) is 12. The highest BCUT2D eigenvalue weighted by molar-refractivity contribution is 7.51. The zero-order valence-corrected chi connectivity index (χ0v) is 44.5. The molecule has 4 N–H and O–H groups in total. The lowest BCUT2D eigenvalue weighted by Crippen LogP contribution is -2.45.